The van der Waals surface area contributed by atoms with Gasteiger partial charge < -0.3 is 9.84 Å². The van der Waals surface area contributed by atoms with E-state index in [1.807, 2.05) is 63.2 Å². The van der Waals surface area contributed by atoms with Gasteiger partial charge in [0, 0.05) is 17.4 Å². The number of imidazole rings is 1. The third kappa shape index (κ3) is 5.31. The number of aliphatic hydroxyl groups is 1. The number of aromatic nitrogens is 2. The van der Waals surface area contributed by atoms with Gasteiger partial charge in [-0.25, -0.2) is 4.98 Å². The Hall–Kier alpha value is -3.58. The van der Waals surface area contributed by atoms with Gasteiger partial charge in [-0.05, 0) is 81.6 Å². The predicted molar refractivity (Wildman–Crippen MR) is 135 cm³/mol. The monoisotopic (exact) mass is 494 g/mol. The first-order chi connectivity index (χ1) is 16.8. The highest BCUT2D eigenvalue weighted by molar-refractivity contribution is 5.71. The van der Waals surface area contributed by atoms with Crippen molar-refractivity contribution in [1.82, 2.24) is 9.55 Å². The lowest BCUT2D eigenvalue weighted by atomic mass is 9.99. The zero-order chi connectivity index (χ0) is 26.3. The predicted octanol–water partition coefficient (Wildman–Crippen LogP) is 7.55. The van der Waals surface area contributed by atoms with E-state index in [1.54, 1.807) is 30.7 Å². The molecule has 0 amide bonds. The standard InChI is InChI=1S/C29H29F3N2O2/c1-18(2)36-22-13-14-23(19(3)15-22)20-9-8-10-21(16-20)34-17-26(28(4,5)35)33-27(34)24-11-6-7-12-25(24)29(30,31)32/h6-18,35H,1-5H3. The van der Waals surface area contributed by atoms with Crippen LogP contribution in [-0.4, -0.2) is 20.8 Å². The van der Waals surface area contributed by atoms with Crippen molar-refractivity contribution < 1.29 is 23.0 Å². The smallest absolute Gasteiger partial charge is 0.417 e. The third-order valence-corrected chi connectivity index (χ3v) is 5.81. The molecule has 0 unspecified atom stereocenters. The number of hydrogen-bond acceptors (Lipinski definition) is 3. The summed E-state index contributed by atoms with van der Waals surface area (Å²) >= 11 is 0. The van der Waals surface area contributed by atoms with Gasteiger partial charge in [-0.1, -0.05) is 36.4 Å². The maximum Gasteiger partial charge on any atom is 0.417 e. The quantitative estimate of drug-likeness (QED) is 0.301. The number of halogens is 3. The Bertz CT molecular complexity index is 1380. The van der Waals surface area contributed by atoms with Crippen molar-refractivity contribution in [2.45, 2.75) is 52.5 Å². The summed E-state index contributed by atoms with van der Waals surface area (Å²) in [5.74, 6) is 0.882. The van der Waals surface area contributed by atoms with Crippen LogP contribution in [0.4, 0.5) is 13.2 Å². The minimum Gasteiger partial charge on any atom is -0.491 e. The Labute approximate surface area is 209 Å². The molecule has 0 radical (unpaired) electrons. The van der Waals surface area contributed by atoms with E-state index in [4.69, 9.17) is 4.74 Å². The van der Waals surface area contributed by atoms with Crippen molar-refractivity contribution in [3.05, 3.63) is 89.7 Å². The second-order valence-corrected chi connectivity index (χ2v) is 9.62. The first kappa shape index (κ1) is 25.5. The van der Waals surface area contributed by atoms with Gasteiger partial charge >= 0.3 is 6.18 Å². The van der Waals surface area contributed by atoms with Gasteiger partial charge in [0.25, 0.3) is 0 Å². The van der Waals surface area contributed by atoms with Crippen LogP contribution < -0.4 is 4.74 Å². The molecule has 4 rings (SSSR count). The molecule has 3 aromatic carbocycles. The topological polar surface area (TPSA) is 47.3 Å². The number of benzene rings is 3. The minimum atomic E-state index is -4.55. The molecule has 4 nitrogen and oxygen atoms in total. The van der Waals surface area contributed by atoms with Crippen LogP contribution in [0.25, 0.3) is 28.2 Å². The van der Waals surface area contributed by atoms with Crippen molar-refractivity contribution in [3.8, 4) is 34.0 Å². The molecule has 0 aliphatic heterocycles. The molecule has 0 saturated carbocycles. The summed E-state index contributed by atoms with van der Waals surface area (Å²) in [6.45, 7) is 9.03. The molecule has 188 valence electrons. The molecule has 0 fully saturated rings. The molecule has 7 heteroatoms. The first-order valence-electron chi connectivity index (χ1n) is 11.7. The van der Waals surface area contributed by atoms with Crippen molar-refractivity contribution in [2.75, 3.05) is 0 Å². The average molecular weight is 495 g/mol. The van der Waals surface area contributed by atoms with E-state index in [2.05, 4.69) is 4.98 Å². The normalized spacial score (nSPS) is 12.3. The van der Waals surface area contributed by atoms with Crippen molar-refractivity contribution in [2.24, 2.45) is 0 Å². The van der Waals surface area contributed by atoms with Crippen LogP contribution in [0.1, 0.15) is 44.5 Å². The fourth-order valence-electron chi connectivity index (χ4n) is 4.12. The zero-order valence-electron chi connectivity index (χ0n) is 20.9. The molecule has 0 atom stereocenters. The van der Waals surface area contributed by atoms with Gasteiger partial charge in [0.1, 0.15) is 17.2 Å². The Balaban J connectivity index is 1.87. The lowest BCUT2D eigenvalue weighted by Gasteiger charge is -2.15. The highest BCUT2D eigenvalue weighted by Gasteiger charge is 2.35. The van der Waals surface area contributed by atoms with Crippen LogP contribution in [0.15, 0.2) is 72.9 Å². The van der Waals surface area contributed by atoms with Crippen molar-refractivity contribution in [3.63, 3.8) is 0 Å². The molecule has 1 heterocycles. The van der Waals surface area contributed by atoms with E-state index in [9.17, 15) is 18.3 Å². The number of hydrogen-bond donors (Lipinski definition) is 1. The second kappa shape index (κ2) is 9.47. The molecule has 4 aromatic rings. The van der Waals surface area contributed by atoms with Gasteiger partial charge in [-0.15, -0.1) is 0 Å². The van der Waals surface area contributed by atoms with Crippen LogP contribution in [-0.2, 0) is 11.8 Å². The van der Waals surface area contributed by atoms with E-state index in [0.29, 0.717) is 5.69 Å². The first-order valence-corrected chi connectivity index (χ1v) is 11.7. The number of aryl methyl sites for hydroxylation is 1. The summed E-state index contributed by atoms with van der Waals surface area (Å²) in [6.07, 6.45) is -2.91. The molecular formula is C29H29F3N2O2. The Morgan fingerprint density at radius 1 is 0.917 bits per heavy atom. The summed E-state index contributed by atoms with van der Waals surface area (Å²) in [7, 11) is 0. The molecule has 1 N–H and O–H groups in total. The summed E-state index contributed by atoms with van der Waals surface area (Å²) in [5, 5.41) is 10.6. The molecular weight excluding hydrogens is 465 g/mol. The van der Waals surface area contributed by atoms with Gasteiger partial charge in [0.2, 0.25) is 0 Å². The molecule has 0 aliphatic carbocycles. The summed E-state index contributed by atoms with van der Waals surface area (Å²) < 4.78 is 49.0. The number of rotatable bonds is 6. The second-order valence-electron chi connectivity index (χ2n) is 9.62. The highest BCUT2D eigenvalue weighted by atomic mass is 19.4. The van der Waals surface area contributed by atoms with E-state index in [0.717, 1.165) is 28.5 Å². The van der Waals surface area contributed by atoms with Crippen LogP contribution >= 0.6 is 0 Å². The largest absolute Gasteiger partial charge is 0.491 e. The van der Waals surface area contributed by atoms with E-state index in [-0.39, 0.29) is 23.2 Å². The molecule has 0 saturated heterocycles. The van der Waals surface area contributed by atoms with Gasteiger partial charge in [0.05, 0.1) is 17.4 Å². The summed E-state index contributed by atoms with van der Waals surface area (Å²) in [4.78, 5) is 4.46. The summed E-state index contributed by atoms with van der Waals surface area (Å²) in [5.41, 5.74) is 1.60. The van der Waals surface area contributed by atoms with Gasteiger partial charge in [0.15, 0.2) is 0 Å². The fourth-order valence-corrected chi connectivity index (χ4v) is 4.12. The van der Waals surface area contributed by atoms with Crippen LogP contribution in [0.2, 0.25) is 0 Å². The Morgan fingerprint density at radius 3 is 2.28 bits per heavy atom. The molecule has 1 aromatic heterocycles. The van der Waals surface area contributed by atoms with Crippen LogP contribution in [0.3, 0.4) is 0 Å². The highest BCUT2D eigenvalue weighted by Crippen LogP contribution is 2.38. The number of ether oxygens (including phenoxy) is 1. The Kier molecular flexibility index (Phi) is 6.71. The zero-order valence-corrected chi connectivity index (χ0v) is 20.9. The minimum absolute atomic E-state index is 0.0581. The van der Waals surface area contributed by atoms with Crippen molar-refractivity contribution >= 4 is 0 Å². The lowest BCUT2D eigenvalue weighted by molar-refractivity contribution is -0.137. The molecule has 36 heavy (non-hydrogen) atoms. The molecule has 0 spiro atoms. The average Bonchev–Trinajstić information content (AvgIpc) is 3.24. The van der Waals surface area contributed by atoms with Gasteiger partial charge in [-0.3, -0.25) is 4.57 Å². The maximum atomic E-state index is 13.9. The van der Waals surface area contributed by atoms with Gasteiger partial charge in [-0.2, -0.15) is 13.2 Å². The molecule has 0 bridgehead atoms. The Morgan fingerprint density at radius 2 is 1.64 bits per heavy atom. The summed E-state index contributed by atoms with van der Waals surface area (Å²) in [6, 6.07) is 18.7. The fraction of sp³-hybridized carbons (Fsp3) is 0.276. The lowest BCUT2D eigenvalue weighted by Crippen LogP contribution is -2.15. The SMILES string of the molecule is Cc1cc(OC(C)C)ccc1-c1cccc(-n2cc(C(C)(C)O)nc2-c2ccccc2C(F)(F)F)c1. The third-order valence-electron chi connectivity index (χ3n) is 5.81. The van der Waals surface area contributed by atoms with E-state index in [1.165, 1.54) is 12.1 Å². The number of nitrogens with zero attached hydrogens (tertiary/aromatic N) is 2. The van der Waals surface area contributed by atoms with Crippen molar-refractivity contribution in [1.29, 1.82) is 0 Å². The van der Waals surface area contributed by atoms with Crippen LogP contribution in [0, 0.1) is 6.92 Å². The van der Waals surface area contributed by atoms with Crippen LogP contribution in [0.5, 0.6) is 5.75 Å². The molecule has 0 aliphatic rings. The number of alkyl halides is 3. The van der Waals surface area contributed by atoms with E-state index >= 15 is 0 Å². The maximum absolute atomic E-state index is 13.9. The van der Waals surface area contributed by atoms with E-state index < -0.39 is 17.3 Å².